The van der Waals surface area contributed by atoms with Crippen molar-refractivity contribution < 1.29 is 15.0 Å². The van der Waals surface area contributed by atoms with Crippen LogP contribution in [0.3, 0.4) is 0 Å². The van der Waals surface area contributed by atoms with Crippen LogP contribution in [0.5, 0.6) is 0 Å². The number of hydrogen-bond acceptors (Lipinski definition) is 2. The summed E-state index contributed by atoms with van der Waals surface area (Å²) in [4.78, 5) is 10.9. The van der Waals surface area contributed by atoms with E-state index < -0.39 is 0 Å². The molecule has 0 saturated carbocycles. The van der Waals surface area contributed by atoms with Crippen molar-refractivity contribution in [2.45, 2.75) is 40.2 Å². The van der Waals surface area contributed by atoms with E-state index >= 15 is 0 Å². The highest BCUT2D eigenvalue weighted by Gasteiger charge is 2.17. The summed E-state index contributed by atoms with van der Waals surface area (Å²) >= 11 is 0. The fourth-order valence-corrected chi connectivity index (χ4v) is 0.420. The van der Waals surface area contributed by atoms with E-state index in [4.69, 9.17) is 4.74 Å². The van der Waals surface area contributed by atoms with E-state index in [0.717, 1.165) is 0 Å². The van der Waals surface area contributed by atoms with Crippen LogP contribution in [0.4, 0.5) is 0 Å². The normalized spacial score (nSPS) is 10.7. The van der Waals surface area contributed by atoms with Crippen molar-refractivity contribution in [1.29, 1.82) is 0 Å². The highest BCUT2D eigenvalue weighted by Crippen LogP contribution is 2.10. The Morgan fingerprint density at radius 1 is 1.27 bits per heavy atom. The molecule has 0 spiro atoms. The second kappa shape index (κ2) is 4.34. The van der Waals surface area contributed by atoms with Gasteiger partial charge < -0.3 is 10.2 Å². The van der Waals surface area contributed by atoms with Crippen molar-refractivity contribution in [3.8, 4) is 0 Å². The molecular formula is C8H18O3. The van der Waals surface area contributed by atoms with Crippen molar-refractivity contribution in [2.24, 2.45) is 5.92 Å². The zero-order chi connectivity index (χ0) is 8.36. The largest absolute Gasteiger partial charge is 0.460 e. The highest BCUT2D eigenvalue weighted by molar-refractivity contribution is 5.71. The molecule has 0 aromatic heterocycles. The molecule has 0 aliphatic heterocycles. The van der Waals surface area contributed by atoms with Gasteiger partial charge in [-0.3, -0.25) is 4.79 Å². The molecule has 0 fully saturated rings. The Balaban J connectivity index is 0. The predicted octanol–water partition coefficient (Wildman–Crippen LogP) is 1.16. The van der Waals surface area contributed by atoms with Gasteiger partial charge in [-0.1, -0.05) is 13.8 Å². The number of carbonyl (C=O) groups is 1. The first-order valence-corrected chi connectivity index (χ1v) is 3.56. The van der Waals surface area contributed by atoms with Crippen LogP contribution in [-0.2, 0) is 9.53 Å². The van der Waals surface area contributed by atoms with Crippen molar-refractivity contribution in [3.05, 3.63) is 0 Å². The average Bonchev–Trinajstić information content (AvgIpc) is 1.60. The van der Waals surface area contributed by atoms with Gasteiger partial charge in [-0.15, -0.1) is 0 Å². The minimum atomic E-state index is -0.346. The molecule has 0 aliphatic rings. The van der Waals surface area contributed by atoms with Crippen LogP contribution in [0.15, 0.2) is 0 Å². The summed E-state index contributed by atoms with van der Waals surface area (Å²) in [6.07, 6.45) is 0. The highest BCUT2D eigenvalue weighted by atomic mass is 16.6. The minimum absolute atomic E-state index is 0. The molecule has 0 unspecified atom stereocenters. The minimum Gasteiger partial charge on any atom is -0.460 e. The monoisotopic (exact) mass is 162 g/mol. The van der Waals surface area contributed by atoms with E-state index in [-0.39, 0.29) is 23.0 Å². The van der Waals surface area contributed by atoms with Gasteiger partial charge in [0.15, 0.2) is 0 Å². The summed E-state index contributed by atoms with van der Waals surface area (Å²) < 4.78 is 5.06. The lowest BCUT2D eigenvalue weighted by Crippen LogP contribution is -2.26. The third-order valence-electron chi connectivity index (χ3n) is 0.878. The van der Waals surface area contributed by atoms with Gasteiger partial charge in [0.2, 0.25) is 0 Å². The van der Waals surface area contributed by atoms with Crippen LogP contribution >= 0.6 is 0 Å². The SMILES string of the molecule is CC(C)C(=O)OC(C)(C)C.O. The maximum Gasteiger partial charge on any atom is 0.308 e. The summed E-state index contributed by atoms with van der Waals surface area (Å²) in [5.74, 6) is -0.160. The van der Waals surface area contributed by atoms with Crippen LogP contribution in [0.25, 0.3) is 0 Å². The Labute approximate surface area is 68.0 Å². The van der Waals surface area contributed by atoms with E-state index in [9.17, 15) is 4.79 Å². The van der Waals surface area contributed by atoms with Crippen molar-refractivity contribution >= 4 is 5.97 Å². The Morgan fingerprint density at radius 3 is 1.73 bits per heavy atom. The molecule has 0 atom stereocenters. The van der Waals surface area contributed by atoms with Crippen molar-refractivity contribution in [3.63, 3.8) is 0 Å². The summed E-state index contributed by atoms with van der Waals surface area (Å²) in [6.45, 7) is 9.26. The van der Waals surface area contributed by atoms with Crippen LogP contribution < -0.4 is 0 Å². The van der Waals surface area contributed by atoms with E-state index in [1.165, 1.54) is 0 Å². The van der Waals surface area contributed by atoms with Gasteiger partial charge >= 0.3 is 5.97 Å². The Bertz CT molecular complexity index is 122. The second-order valence-electron chi connectivity index (χ2n) is 3.69. The number of hydrogen-bond donors (Lipinski definition) is 0. The Kier molecular flexibility index (Phi) is 5.15. The van der Waals surface area contributed by atoms with Gasteiger partial charge in [-0.25, -0.2) is 0 Å². The zero-order valence-electron chi connectivity index (χ0n) is 7.89. The predicted molar refractivity (Wildman–Crippen MR) is 44.3 cm³/mol. The number of esters is 1. The molecule has 0 aromatic rings. The molecule has 3 nitrogen and oxygen atoms in total. The van der Waals surface area contributed by atoms with Gasteiger partial charge in [-0.05, 0) is 20.8 Å². The van der Waals surface area contributed by atoms with Crippen LogP contribution in [0.1, 0.15) is 34.6 Å². The molecular weight excluding hydrogens is 144 g/mol. The number of carbonyl (C=O) groups excluding carboxylic acids is 1. The molecule has 2 N–H and O–H groups in total. The summed E-state index contributed by atoms with van der Waals surface area (Å²) in [5.41, 5.74) is -0.346. The van der Waals surface area contributed by atoms with Crippen LogP contribution in [-0.4, -0.2) is 17.0 Å². The van der Waals surface area contributed by atoms with Crippen LogP contribution in [0, 0.1) is 5.92 Å². The van der Waals surface area contributed by atoms with Gasteiger partial charge in [0.25, 0.3) is 0 Å². The van der Waals surface area contributed by atoms with Gasteiger partial charge in [0.1, 0.15) is 5.60 Å². The first-order valence-electron chi connectivity index (χ1n) is 3.56. The van der Waals surface area contributed by atoms with E-state index in [1.54, 1.807) is 0 Å². The first-order chi connectivity index (χ1) is 4.33. The molecule has 68 valence electrons. The van der Waals surface area contributed by atoms with Crippen LogP contribution in [0.2, 0.25) is 0 Å². The fourth-order valence-electron chi connectivity index (χ4n) is 0.420. The summed E-state index contributed by atoms with van der Waals surface area (Å²) in [7, 11) is 0. The third-order valence-corrected chi connectivity index (χ3v) is 0.878. The molecule has 11 heavy (non-hydrogen) atoms. The second-order valence-corrected chi connectivity index (χ2v) is 3.69. The standard InChI is InChI=1S/C8H16O2.H2O/c1-6(2)7(9)10-8(3,4)5;/h6H,1-5H3;1H2. The maximum atomic E-state index is 10.9. The topological polar surface area (TPSA) is 57.8 Å². The average molecular weight is 162 g/mol. The molecule has 0 saturated heterocycles. The van der Waals surface area contributed by atoms with Crippen molar-refractivity contribution in [1.82, 2.24) is 0 Å². The lowest BCUT2D eigenvalue weighted by molar-refractivity contribution is -0.158. The molecule has 0 bridgehead atoms. The van der Waals surface area contributed by atoms with Crippen molar-refractivity contribution in [2.75, 3.05) is 0 Å². The number of rotatable bonds is 1. The molecule has 0 aromatic carbocycles. The smallest absolute Gasteiger partial charge is 0.308 e. The molecule has 3 heteroatoms. The first kappa shape index (κ1) is 13.1. The molecule has 0 heterocycles. The molecule has 0 amide bonds. The van der Waals surface area contributed by atoms with Gasteiger partial charge in [0.05, 0.1) is 5.92 Å². The zero-order valence-corrected chi connectivity index (χ0v) is 7.89. The lowest BCUT2D eigenvalue weighted by Gasteiger charge is -2.20. The molecule has 0 radical (unpaired) electrons. The lowest BCUT2D eigenvalue weighted by atomic mass is 10.1. The van der Waals surface area contributed by atoms with E-state index in [0.29, 0.717) is 0 Å². The van der Waals surface area contributed by atoms with E-state index in [1.807, 2.05) is 34.6 Å². The van der Waals surface area contributed by atoms with Gasteiger partial charge in [-0.2, -0.15) is 0 Å². The Hall–Kier alpha value is -0.570. The van der Waals surface area contributed by atoms with E-state index in [2.05, 4.69) is 0 Å². The summed E-state index contributed by atoms with van der Waals surface area (Å²) in [5, 5.41) is 0. The number of ether oxygens (including phenoxy) is 1. The molecule has 0 rings (SSSR count). The fraction of sp³-hybridized carbons (Fsp3) is 0.875. The third kappa shape index (κ3) is 7.33. The maximum absolute atomic E-state index is 10.9. The molecule has 0 aliphatic carbocycles. The van der Waals surface area contributed by atoms with Gasteiger partial charge in [0, 0.05) is 0 Å². The summed E-state index contributed by atoms with van der Waals surface area (Å²) in [6, 6.07) is 0. The quantitative estimate of drug-likeness (QED) is 0.543. The Morgan fingerprint density at radius 2 is 1.64 bits per heavy atom.